The number of aliphatic hydroxyl groups is 1. The molecule has 2 atom stereocenters. The monoisotopic (exact) mass is 305 g/mol. The van der Waals surface area contributed by atoms with Crippen LogP contribution in [0.15, 0.2) is 24.3 Å². The minimum absolute atomic E-state index is 0.00319. The van der Waals surface area contributed by atoms with E-state index in [1.54, 1.807) is 6.07 Å². The van der Waals surface area contributed by atoms with Crippen LogP contribution in [0.5, 0.6) is 0 Å². The van der Waals surface area contributed by atoms with Gasteiger partial charge in [0.05, 0.1) is 5.41 Å². The molecule has 0 radical (unpaired) electrons. The van der Waals surface area contributed by atoms with Crippen molar-refractivity contribution in [1.82, 2.24) is 5.32 Å². The molecule has 0 bridgehead atoms. The highest BCUT2D eigenvalue weighted by molar-refractivity contribution is 5.91. The maximum absolute atomic E-state index is 13.5. The quantitative estimate of drug-likeness (QED) is 0.840. The van der Waals surface area contributed by atoms with E-state index in [0.29, 0.717) is 0 Å². The van der Waals surface area contributed by atoms with E-state index < -0.39 is 5.41 Å². The molecule has 1 aromatic carbocycles. The number of nitrogens with one attached hydrogen (secondary N) is 1. The standard InChI is InChI=1S/C18H24FNO2/c19-15-7-4-6-14(11-15)18(9-10-18)17(22)20-16-8-3-1-2-5-13(16)12-21/h4,6-7,11,13,16,21H,1-3,5,8-10,12H2,(H,20,22). The van der Waals surface area contributed by atoms with Crippen LogP contribution < -0.4 is 5.32 Å². The van der Waals surface area contributed by atoms with Gasteiger partial charge in [-0.1, -0.05) is 31.4 Å². The highest BCUT2D eigenvalue weighted by Gasteiger charge is 2.52. The summed E-state index contributed by atoms with van der Waals surface area (Å²) < 4.78 is 13.5. The lowest BCUT2D eigenvalue weighted by Crippen LogP contribution is -2.45. The van der Waals surface area contributed by atoms with E-state index >= 15 is 0 Å². The minimum atomic E-state index is -0.547. The molecule has 0 heterocycles. The molecule has 2 saturated carbocycles. The Labute approximate surface area is 130 Å². The van der Waals surface area contributed by atoms with Crippen molar-refractivity contribution in [1.29, 1.82) is 0 Å². The van der Waals surface area contributed by atoms with Gasteiger partial charge >= 0.3 is 0 Å². The Kier molecular flexibility index (Phi) is 4.48. The molecule has 22 heavy (non-hydrogen) atoms. The molecule has 0 saturated heterocycles. The van der Waals surface area contributed by atoms with Gasteiger partial charge in [0.1, 0.15) is 5.82 Å². The van der Waals surface area contributed by atoms with E-state index in [1.165, 1.54) is 12.1 Å². The molecule has 1 amide bonds. The van der Waals surface area contributed by atoms with Gasteiger partial charge in [-0.3, -0.25) is 4.79 Å². The van der Waals surface area contributed by atoms with Gasteiger partial charge in [-0.15, -0.1) is 0 Å². The van der Waals surface area contributed by atoms with Crippen LogP contribution in [-0.4, -0.2) is 23.7 Å². The molecule has 2 aliphatic carbocycles. The Balaban J connectivity index is 1.73. The maximum atomic E-state index is 13.5. The normalized spacial score (nSPS) is 27.0. The van der Waals surface area contributed by atoms with E-state index in [4.69, 9.17) is 0 Å². The molecular weight excluding hydrogens is 281 g/mol. The number of hydrogen-bond acceptors (Lipinski definition) is 2. The predicted octanol–water partition coefficient (Wildman–Crippen LogP) is 2.91. The first-order chi connectivity index (χ1) is 10.7. The van der Waals surface area contributed by atoms with Gasteiger partial charge in [-0.25, -0.2) is 4.39 Å². The van der Waals surface area contributed by atoms with Gasteiger partial charge < -0.3 is 10.4 Å². The van der Waals surface area contributed by atoms with Crippen LogP contribution in [-0.2, 0) is 10.2 Å². The van der Waals surface area contributed by atoms with Gasteiger partial charge in [0, 0.05) is 18.6 Å². The summed E-state index contributed by atoms with van der Waals surface area (Å²) in [6, 6.07) is 6.44. The average Bonchev–Trinajstić information content (AvgIpc) is 3.32. The Bertz CT molecular complexity index is 542. The number of aliphatic hydroxyl groups excluding tert-OH is 1. The molecule has 2 unspecified atom stereocenters. The molecule has 120 valence electrons. The SMILES string of the molecule is O=C(NC1CCCCCC1CO)C1(c2cccc(F)c2)CC1. The Hall–Kier alpha value is -1.42. The number of amides is 1. The lowest BCUT2D eigenvalue weighted by atomic mass is 9.91. The highest BCUT2D eigenvalue weighted by atomic mass is 19.1. The number of benzene rings is 1. The van der Waals surface area contributed by atoms with Crippen molar-refractivity contribution in [2.24, 2.45) is 5.92 Å². The molecule has 2 N–H and O–H groups in total. The van der Waals surface area contributed by atoms with Gasteiger partial charge in [-0.2, -0.15) is 0 Å². The summed E-state index contributed by atoms with van der Waals surface area (Å²) in [7, 11) is 0. The minimum Gasteiger partial charge on any atom is -0.396 e. The van der Waals surface area contributed by atoms with Crippen LogP contribution >= 0.6 is 0 Å². The van der Waals surface area contributed by atoms with Gasteiger partial charge in [0.15, 0.2) is 0 Å². The van der Waals surface area contributed by atoms with E-state index in [1.807, 2.05) is 6.07 Å². The van der Waals surface area contributed by atoms with Crippen molar-refractivity contribution < 1.29 is 14.3 Å². The Morgan fingerprint density at radius 2 is 2.05 bits per heavy atom. The van der Waals surface area contributed by atoms with Crippen molar-refractivity contribution in [3.63, 3.8) is 0 Å². The van der Waals surface area contributed by atoms with Crippen LogP contribution in [0.2, 0.25) is 0 Å². The van der Waals surface area contributed by atoms with E-state index in [-0.39, 0.29) is 30.3 Å². The number of halogens is 1. The molecule has 0 aromatic heterocycles. The third-order valence-electron chi connectivity index (χ3n) is 5.27. The van der Waals surface area contributed by atoms with Crippen molar-refractivity contribution in [3.05, 3.63) is 35.6 Å². The van der Waals surface area contributed by atoms with E-state index in [9.17, 15) is 14.3 Å². The van der Waals surface area contributed by atoms with Gasteiger partial charge in [0.2, 0.25) is 5.91 Å². The summed E-state index contributed by atoms with van der Waals surface area (Å²) in [5.74, 6) is -0.141. The maximum Gasteiger partial charge on any atom is 0.230 e. The summed E-state index contributed by atoms with van der Waals surface area (Å²) in [6.07, 6.45) is 6.82. The summed E-state index contributed by atoms with van der Waals surface area (Å²) in [6.45, 7) is 0.123. The molecule has 1 aromatic rings. The zero-order chi connectivity index (χ0) is 15.6. The molecule has 0 spiro atoms. The second-order valence-corrected chi connectivity index (χ2v) is 6.75. The summed E-state index contributed by atoms with van der Waals surface area (Å²) in [5, 5.41) is 12.7. The zero-order valence-corrected chi connectivity index (χ0v) is 12.9. The van der Waals surface area contributed by atoms with Crippen LogP contribution in [0.1, 0.15) is 50.5 Å². The molecule has 0 aliphatic heterocycles. The lowest BCUT2D eigenvalue weighted by molar-refractivity contribution is -0.124. The molecule has 3 nitrogen and oxygen atoms in total. The number of rotatable bonds is 4. The van der Waals surface area contributed by atoms with E-state index in [2.05, 4.69) is 5.32 Å². The third kappa shape index (κ3) is 3.02. The zero-order valence-electron chi connectivity index (χ0n) is 12.9. The third-order valence-corrected chi connectivity index (χ3v) is 5.27. The van der Waals surface area contributed by atoms with Crippen molar-refractivity contribution in [3.8, 4) is 0 Å². The summed E-state index contributed by atoms with van der Waals surface area (Å²) in [4.78, 5) is 12.8. The van der Waals surface area contributed by atoms with Crippen molar-refractivity contribution in [2.45, 2.75) is 56.4 Å². The van der Waals surface area contributed by atoms with Gasteiger partial charge in [-0.05, 0) is 43.4 Å². The fourth-order valence-corrected chi connectivity index (χ4v) is 3.66. The molecule has 3 rings (SSSR count). The average molecular weight is 305 g/mol. The fourth-order valence-electron chi connectivity index (χ4n) is 3.66. The molecule has 2 fully saturated rings. The lowest BCUT2D eigenvalue weighted by Gasteiger charge is -2.27. The number of carbonyl (C=O) groups excluding carboxylic acids is 1. The number of carbonyl (C=O) groups is 1. The van der Waals surface area contributed by atoms with Crippen LogP contribution in [0, 0.1) is 11.7 Å². The topological polar surface area (TPSA) is 49.3 Å². The Morgan fingerprint density at radius 1 is 1.27 bits per heavy atom. The number of hydrogen-bond donors (Lipinski definition) is 2. The van der Waals surface area contributed by atoms with Crippen LogP contribution in [0.4, 0.5) is 4.39 Å². The Morgan fingerprint density at radius 3 is 2.73 bits per heavy atom. The second-order valence-electron chi connectivity index (χ2n) is 6.75. The van der Waals surface area contributed by atoms with Crippen molar-refractivity contribution in [2.75, 3.05) is 6.61 Å². The van der Waals surface area contributed by atoms with E-state index in [0.717, 1.165) is 50.5 Å². The smallest absolute Gasteiger partial charge is 0.230 e. The first-order valence-electron chi connectivity index (χ1n) is 8.33. The first-order valence-corrected chi connectivity index (χ1v) is 8.33. The largest absolute Gasteiger partial charge is 0.396 e. The summed E-state index contributed by atoms with van der Waals surface area (Å²) in [5.41, 5.74) is 0.230. The predicted molar refractivity (Wildman–Crippen MR) is 82.9 cm³/mol. The fraction of sp³-hybridized carbons (Fsp3) is 0.611. The molecule has 2 aliphatic rings. The second kappa shape index (κ2) is 6.37. The summed E-state index contributed by atoms with van der Waals surface area (Å²) >= 11 is 0. The highest BCUT2D eigenvalue weighted by Crippen LogP contribution is 2.48. The van der Waals surface area contributed by atoms with Crippen LogP contribution in [0.25, 0.3) is 0 Å². The first kappa shape index (κ1) is 15.5. The molecule has 4 heteroatoms. The van der Waals surface area contributed by atoms with Crippen molar-refractivity contribution >= 4 is 5.91 Å². The molecular formula is C18H24FNO2. The van der Waals surface area contributed by atoms with Gasteiger partial charge in [0.25, 0.3) is 0 Å². The van der Waals surface area contributed by atoms with Crippen LogP contribution in [0.3, 0.4) is 0 Å².